The molecule has 0 unspecified atom stereocenters. The van der Waals surface area contributed by atoms with Crippen LogP contribution in [-0.2, 0) is 10.3 Å². The third kappa shape index (κ3) is 4.44. The van der Waals surface area contributed by atoms with Crippen molar-refractivity contribution in [2.75, 3.05) is 0 Å². The number of benzene rings is 2. The average Bonchev–Trinajstić information content (AvgIpc) is 3.20. The van der Waals surface area contributed by atoms with Gasteiger partial charge in [0.2, 0.25) is 0 Å². The van der Waals surface area contributed by atoms with E-state index in [9.17, 15) is 14.7 Å². The number of carbonyl (C=O) groups is 2. The van der Waals surface area contributed by atoms with E-state index >= 15 is 0 Å². The zero-order chi connectivity index (χ0) is 25.5. The van der Waals surface area contributed by atoms with Gasteiger partial charge < -0.3 is 15.2 Å². The summed E-state index contributed by atoms with van der Waals surface area (Å²) in [5, 5.41) is 12.5. The van der Waals surface area contributed by atoms with Crippen molar-refractivity contribution in [2.24, 2.45) is 0 Å². The van der Waals surface area contributed by atoms with Crippen LogP contribution in [0.1, 0.15) is 56.0 Å². The summed E-state index contributed by atoms with van der Waals surface area (Å²) < 4.78 is 7.42. The molecule has 2 aromatic heterocycles. The molecule has 0 radical (unpaired) electrons. The minimum absolute atomic E-state index is 0.189. The fourth-order valence-corrected chi connectivity index (χ4v) is 4.71. The van der Waals surface area contributed by atoms with Crippen LogP contribution in [0.15, 0.2) is 72.9 Å². The Morgan fingerprint density at radius 3 is 2.28 bits per heavy atom. The minimum atomic E-state index is -0.990. The van der Waals surface area contributed by atoms with Crippen LogP contribution < -0.4 is 5.32 Å². The number of fused-ring (bicyclic) bond motifs is 1. The molecule has 0 aliphatic heterocycles. The van der Waals surface area contributed by atoms with Gasteiger partial charge in [-0.05, 0) is 57.7 Å². The summed E-state index contributed by atoms with van der Waals surface area (Å²) in [5.41, 5.74) is 4.33. The van der Waals surface area contributed by atoms with Crippen LogP contribution in [-0.4, -0.2) is 32.2 Å². The number of nitrogens with zero attached hydrogens (tertiary/aromatic N) is 2. The summed E-state index contributed by atoms with van der Waals surface area (Å²) in [6.45, 7) is 5.56. The fraction of sp³-hybridized carbons (Fsp3) is 0.276. The van der Waals surface area contributed by atoms with E-state index < -0.39 is 23.2 Å². The quantitative estimate of drug-likeness (QED) is 0.349. The summed E-state index contributed by atoms with van der Waals surface area (Å²) in [6, 6.07) is 21.2. The van der Waals surface area contributed by atoms with Gasteiger partial charge in [-0.25, -0.2) is 14.6 Å². The largest absolute Gasteiger partial charge is 0.478 e. The average molecular weight is 484 g/mol. The van der Waals surface area contributed by atoms with Crippen LogP contribution in [0, 0.1) is 0 Å². The first-order valence-electron chi connectivity index (χ1n) is 12.1. The number of imidazole rings is 1. The van der Waals surface area contributed by atoms with E-state index in [1.807, 2.05) is 79.8 Å². The Balaban J connectivity index is 1.53. The van der Waals surface area contributed by atoms with Crippen molar-refractivity contribution in [3.63, 3.8) is 0 Å². The first kappa shape index (κ1) is 23.6. The SMILES string of the molecule is CC(C)(C)OC(=O)NC1(c2ccc(-c3nc4cc(C(=O)O)ccn4c3-c3ccccc3)cc2)CCC1. The van der Waals surface area contributed by atoms with Crippen LogP contribution in [0.3, 0.4) is 0 Å². The van der Waals surface area contributed by atoms with Gasteiger partial charge in [0.15, 0.2) is 0 Å². The van der Waals surface area contributed by atoms with Crippen molar-refractivity contribution in [1.29, 1.82) is 0 Å². The number of carbonyl (C=O) groups excluding carboxylic acids is 1. The highest BCUT2D eigenvalue weighted by molar-refractivity contribution is 5.90. The number of hydrogen-bond donors (Lipinski definition) is 2. The first-order chi connectivity index (χ1) is 17.2. The van der Waals surface area contributed by atoms with Crippen molar-refractivity contribution in [3.8, 4) is 22.5 Å². The number of hydrogen-bond acceptors (Lipinski definition) is 4. The maximum atomic E-state index is 12.5. The minimum Gasteiger partial charge on any atom is -0.478 e. The molecule has 5 rings (SSSR count). The summed E-state index contributed by atoms with van der Waals surface area (Å²) in [4.78, 5) is 28.9. The number of aromatic carboxylic acids is 1. The number of alkyl carbamates (subject to hydrolysis) is 1. The maximum Gasteiger partial charge on any atom is 0.408 e. The van der Waals surface area contributed by atoms with E-state index in [2.05, 4.69) is 5.32 Å². The van der Waals surface area contributed by atoms with Gasteiger partial charge in [-0.15, -0.1) is 0 Å². The Hall–Kier alpha value is -4.13. The molecule has 4 aromatic rings. The lowest BCUT2D eigenvalue weighted by Gasteiger charge is -2.43. The molecule has 1 aliphatic rings. The van der Waals surface area contributed by atoms with Gasteiger partial charge in [0.25, 0.3) is 0 Å². The Morgan fingerprint density at radius 1 is 1.00 bits per heavy atom. The van der Waals surface area contributed by atoms with Gasteiger partial charge in [0.05, 0.1) is 22.5 Å². The second-order valence-corrected chi connectivity index (χ2v) is 10.3. The number of ether oxygens (including phenoxy) is 1. The summed E-state index contributed by atoms with van der Waals surface area (Å²) in [5.74, 6) is -0.990. The van der Waals surface area contributed by atoms with Gasteiger partial charge >= 0.3 is 12.1 Å². The fourth-order valence-electron chi connectivity index (χ4n) is 4.71. The molecule has 36 heavy (non-hydrogen) atoms. The van der Waals surface area contributed by atoms with Gasteiger partial charge in [0.1, 0.15) is 11.2 Å². The van der Waals surface area contributed by atoms with Crippen molar-refractivity contribution < 1.29 is 19.4 Å². The molecule has 2 N–H and O–H groups in total. The van der Waals surface area contributed by atoms with E-state index in [-0.39, 0.29) is 5.56 Å². The predicted molar refractivity (Wildman–Crippen MR) is 138 cm³/mol. The van der Waals surface area contributed by atoms with Gasteiger partial charge in [-0.3, -0.25) is 4.40 Å². The normalized spacial score (nSPS) is 14.8. The van der Waals surface area contributed by atoms with Crippen LogP contribution in [0.5, 0.6) is 0 Å². The molecule has 1 saturated carbocycles. The monoisotopic (exact) mass is 483 g/mol. The molecule has 1 fully saturated rings. The molecule has 0 bridgehead atoms. The molecule has 1 amide bonds. The number of carboxylic acid groups (broad SMARTS) is 1. The molecule has 7 heteroatoms. The number of aromatic nitrogens is 2. The lowest BCUT2D eigenvalue weighted by Crippen LogP contribution is -2.52. The van der Waals surface area contributed by atoms with Crippen LogP contribution in [0.2, 0.25) is 0 Å². The van der Waals surface area contributed by atoms with E-state index in [4.69, 9.17) is 9.72 Å². The second kappa shape index (κ2) is 8.82. The highest BCUT2D eigenvalue weighted by atomic mass is 16.6. The lowest BCUT2D eigenvalue weighted by atomic mass is 9.71. The molecule has 0 saturated heterocycles. The number of pyridine rings is 1. The first-order valence-corrected chi connectivity index (χ1v) is 12.1. The third-order valence-electron chi connectivity index (χ3n) is 6.58. The smallest absolute Gasteiger partial charge is 0.408 e. The number of nitrogens with one attached hydrogen (secondary N) is 1. The molecule has 2 aromatic carbocycles. The maximum absolute atomic E-state index is 12.5. The zero-order valence-electron chi connectivity index (χ0n) is 20.6. The molecule has 0 atom stereocenters. The van der Waals surface area contributed by atoms with Crippen molar-refractivity contribution in [1.82, 2.24) is 14.7 Å². The molecule has 0 spiro atoms. The molecule has 2 heterocycles. The second-order valence-electron chi connectivity index (χ2n) is 10.3. The Kier molecular flexibility index (Phi) is 5.79. The Bertz CT molecular complexity index is 1430. The van der Waals surface area contributed by atoms with Gasteiger partial charge in [-0.2, -0.15) is 0 Å². The molecule has 184 valence electrons. The highest BCUT2D eigenvalue weighted by Gasteiger charge is 2.41. The van der Waals surface area contributed by atoms with Crippen LogP contribution >= 0.6 is 0 Å². The molecular formula is C29H29N3O4. The highest BCUT2D eigenvalue weighted by Crippen LogP contribution is 2.42. The molecular weight excluding hydrogens is 454 g/mol. The predicted octanol–water partition coefficient (Wildman–Crippen LogP) is 6.27. The van der Waals surface area contributed by atoms with Crippen LogP contribution in [0.4, 0.5) is 4.79 Å². The molecule has 1 aliphatic carbocycles. The van der Waals surface area contributed by atoms with Crippen molar-refractivity contribution in [2.45, 2.75) is 51.2 Å². The summed E-state index contributed by atoms with van der Waals surface area (Å²) in [7, 11) is 0. The van der Waals surface area contributed by atoms with Crippen molar-refractivity contribution >= 4 is 17.7 Å². The van der Waals surface area contributed by atoms with Crippen molar-refractivity contribution in [3.05, 3.63) is 84.1 Å². The lowest BCUT2D eigenvalue weighted by molar-refractivity contribution is 0.0377. The standard InChI is InChI=1S/C29H29N3O4/c1-28(2,3)36-27(35)31-29(15-7-16-29)22-12-10-19(11-13-22)24-25(20-8-5-4-6-9-20)32-17-14-21(26(33)34)18-23(32)30-24/h4-6,8-14,17-18H,7,15-16H2,1-3H3,(H,31,35)(H,33,34). The summed E-state index contributed by atoms with van der Waals surface area (Å²) in [6.07, 6.45) is 4.08. The van der Waals surface area contributed by atoms with E-state index in [1.165, 1.54) is 0 Å². The third-order valence-corrected chi connectivity index (χ3v) is 6.58. The van der Waals surface area contributed by atoms with Crippen LogP contribution in [0.25, 0.3) is 28.2 Å². The number of amides is 1. The topological polar surface area (TPSA) is 92.9 Å². The Morgan fingerprint density at radius 2 is 1.69 bits per heavy atom. The zero-order valence-corrected chi connectivity index (χ0v) is 20.6. The summed E-state index contributed by atoms with van der Waals surface area (Å²) >= 11 is 0. The van der Waals surface area contributed by atoms with Gasteiger partial charge in [0, 0.05) is 17.3 Å². The van der Waals surface area contributed by atoms with E-state index in [0.29, 0.717) is 5.65 Å². The number of rotatable bonds is 5. The Labute approximate surface area is 209 Å². The van der Waals surface area contributed by atoms with Gasteiger partial charge in [-0.1, -0.05) is 54.6 Å². The number of carboxylic acids is 1. The molecule has 7 nitrogen and oxygen atoms in total. The van der Waals surface area contributed by atoms with E-state index in [1.54, 1.807) is 18.3 Å². The van der Waals surface area contributed by atoms with E-state index in [0.717, 1.165) is 47.3 Å².